The number of nitrogens with one attached hydrogen (secondary N) is 3. The molecular formula is C21H17N5O2S. The second-order valence-corrected chi connectivity index (χ2v) is 7.21. The highest BCUT2D eigenvalue weighted by Gasteiger charge is 2.13. The van der Waals surface area contributed by atoms with E-state index in [1.807, 2.05) is 54.7 Å². The number of hydrogen-bond donors (Lipinski definition) is 4. The van der Waals surface area contributed by atoms with Gasteiger partial charge < -0.3 is 10.3 Å². The van der Waals surface area contributed by atoms with Gasteiger partial charge in [-0.05, 0) is 29.3 Å². The zero-order valence-electron chi connectivity index (χ0n) is 15.2. The molecule has 2 heterocycles. The average molecular weight is 403 g/mol. The van der Waals surface area contributed by atoms with Gasteiger partial charge in [-0.2, -0.15) is 5.26 Å². The van der Waals surface area contributed by atoms with Gasteiger partial charge in [0.05, 0.1) is 11.3 Å². The number of aromatic nitrogens is 2. The van der Waals surface area contributed by atoms with E-state index in [-0.39, 0.29) is 6.54 Å². The minimum absolute atomic E-state index is 0.232. The summed E-state index contributed by atoms with van der Waals surface area (Å²) in [7, 11) is -2.64. The fourth-order valence-electron chi connectivity index (χ4n) is 3.19. The molecule has 0 aliphatic rings. The number of hydrogen-bond acceptors (Lipinski definition) is 5. The molecule has 0 aliphatic heterocycles. The second-order valence-electron chi connectivity index (χ2n) is 6.38. The summed E-state index contributed by atoms with van der Waals surface area (Å²) in [6.45, 7) is 0.232. The Morgan fingerprint density at radius 1 is 1.07 bits per heavy atom. The van der Waals surface area contributed by atoms with E-state index in [2.05, 4.69) is 26.1 Å². The van der Waals surface area contributed by atoms with E-state index < -0.39 is 10.9 Å². The van der Waals surface area contributed by atoms with E-state index in [0.717, 1.165) is 33.3 Å². The maximum atomic E-state index is 10.7. The van der Waals surface area contributed by atoms with Crippen molar-refractivity contribution < 1.29 is 8.42 Å². The van der Waals surface area contributed by atoms with Crippen LogP contribution in [0.3, 0.4) is 0 Å². The maximum Gasteiger partial charge on any atom is 0.201 e. The Hall–Kier alpha value is -3.67. The van der Waals surface area contributed by atoms with Crippen molar-refractivity contribution >= 4 is 33.2 Å². The quantitative estimate of drug-likeness (QED) is 0.369. The molecule has 2 aromatic heterocycles. The molecule has 0 amide bonds. The van der Waals surface area contributed by atoms with Crippen LogP contribution in [0, 0.1) is 11.3 Å². The van der Waals surface area contributed by atoms with E-state index in [4.69, 9.17) is 0 Å². The molecule has 0 unspecified atom stereocenters. The summed E-state index contributed by atoms with van der Waals surface area (Å²) >= 11 is 0. The molecule has 0 saturated heterocycles. The number of fused-ring (bicyclic) bond motifs is 1. The average Bonchev–Trinajstić information content (AvgIpc) is 3.23. The van der Waals surface area contributed by atoms with E-state index in [0.29, 0.717) is 11.3 Å². The van der Waals surface area contributed by atoms with Crippen LogP contribution in [-0.4, -0.2) is 18.4 Å². The number of aromatic amines is 1. The highest BCUT2D eigenvalue weighted by atomic mass is 32.2. The smallest absolute Gasteiger partial charge is 0.201 e. The Bertz CT molecular complexity index is 1280. The van der Waals surface area contributed by atoms with Crippen molar-refractivity contribution in [3.63, 3.8) is 0 Å². The molecule has 0 bridgehead atoms. The van der Waals surface area contributed by atoms with Crippen LogP contribution in [0.15, 0.2) is 67.1 Å². The minimum Gasteiger partial charge on any atom is -0.361 e. The molecule has 4 aromatic rings. The summed E-state index contributed by atoms with van der Waals surface area (Å²) in [6, 6.07) is 17.5. The van der Waals surface area contributed by atoms with Crippen molar-refractivity contribution in [1.82, 2.24) is 14.7 Å². The number of nitriles is 1. The molecule has 144 valence electrons. The predicted octanol–water partition coefficient (Wildman–Crippen LogP) is 3.46. The summed E-state index contributed by atoms with van der Waals surface area (Å²) in [5, 5.41) is 14.0. The Balaban J connectivity index is 1.73. The highest BCUT2D eigenvalue weighted by molar-refractivity contribution is 7.70. The zero-order valence-corrected chi connectivity index (χ0v) is 16.1. The van der Waals surface area contributed by atoms with Crippen LogP contribution < -0.4 is 10.0 Å². The number of anilines is 2. The van der Waals surface area contributed by atoms with Crippen LogP contribution in [0.2, 0.25) is 0 Å². The van der Waals surface area contributed by atoms with Gasteiger partial charge >= 0.3 is 0 Å². The van der Waals surface area contributed by atoms with E-state index in [1.165, 1.54) is 6.20 Å². The topological polar surface area (TPSA) is 111 Å². The van der Waals surface area contributed by atoms with Gasteiger partial charge in [0.15, 0.2) is 0 Å². The van der Waals surface area contributed by atoms with Gasteiger partial charge in [0.1, 0.15) is 6.07 Å². The van der Waals surface area contributed by atoms with Gasteiger partial charge in [-0.15, -0.1) is 0 Å². The highest BCUT2D eigenvalue weighted by Crippen LogP contribution is 2.34. The van der Waals surface area contributed by atoms with Gasteiger partial charge in [0.25, 0.3) is 0 Å². The lowest BCUT2D eigenvalue weighted by atomic mass is 10.0. The molecule has 8 heteroatoms. The molecule has 0 saturated carbocycles. The first-order chi connectivity index (χ1) is 14.2. The Kier molecular flexibility index (Phi) is 5.24. The van der Waals surface area contributed by atoms with Gasteiger partial charge in [-0.3, -0.25) is 4.98 Å². The largest absolute Gasteiger partial charge is 0.361 e. The molecule has 2 aromatic carbocycles. The number of benzene rings is 2. The molecule has 0 radical (unpaired) electrons. The third-order valence-electron chi connectivity index (χ3n) is 4.60. The number of thiol groups is 1. The van der Waals surface area contributed by atoms with Crippen LogP contribution in [0.1, 0.15) is 11.1 Å². The van der Waals surface area contributed by atoms with E-state index in [1.54, 1.807) is 6.20 Å². The van der Waals surface area contributed by atoms with Crippen LogP contribution in [0.4, 0.5) is 11.4 Å². The molecule has 0 atom stereocenters. The summed E-state index contributed by atoms with van der Waals surface area (Å²) in [4.78, 5) is 7.39. The van der Waals surface area contributed by atoms with E-state index >= 15 is 0 Å². The molecular weight excluding hydrogens is 386 g/mol. The first-order valence-corrected chi connectivity index (χ1v) is 10.0. The Morgan fingerprint density at radius 2 is 1.90 bits per heavy atom. The lowest BCUT2D eigenvalue weighted by molar-refractivity contribution is 0.601. The third kappa shape index (κ3) is 3.96. The molecule has 7 nitrogen and oxygen atoms in total. The third-order valence-corrected chi connectivity index (χ3v) is 5.01. The number of pyridine rings is 1. The summed E-state index contributed by atoms with van der Waals surface area (Å²) in [5.74, 6) is 0. The predicted molar refractivity (Wildman–Crippen MR) is 113 cm³/mol. The molecule has 0 aliphatic carbocycles. The first-order valence-electron chi connectivity index (χ1n) is 8.84. The fraction of sp³-hybridized carbons (Fsp3) is 0.0476. The molecule has 4 rings (SSSR count). The number of H-pyrrole nitrogens is 1. The van der Waals surface area contributed by atoms with Crippen LogP contribution in [0.5, 0.6) is 0 Å². The number of rotatable bonds is 6. The Labute approximate surface area is 169 Å². The fourth-order valence-corrected chi connectivity index (χ4v) is 3.50. The minimum atomic E-state index is -2.64. The molecule has 0 fully saturated rings. The van der Waals surface area contributed by atoms with Crippen molar-refractivity contribution in [2.75, 3.05) is 5.32 Å². The standard InChI is InChI=1S/C21H17N5O2S/c22-10-16-12-23-13-18(15-6-4-14(5-7-15)11-25-29(27)28)21(16)26-20-3-1-2-19-17(20)8-9-24-19/h1-9,12-13,24,29H,11H2,(H,23,26)(H,25,27,28). The lowest BCUT2D eigenvalue weighted by Gasteiger charge is -2.15. The summed E-state index contributed by atoms with van der Waals surface area (Å²) < 4.78 is 23.8. The Morgan fingerprint density at radius 3 is 2.66 bits per heavy atom. The summed E-state index contributed by atoms with van der Waals surface area (Å²) in [6.07, 6.45) is 5.12. The normalized spacial score (nSPS) is 10.9. The first kappa shape index (κ1) is 18.7. The molecule has 29 heavy (non-hydrogen) atoms. The molecule has 0 spiro atoms. The molecule has 3 N–H and O–H groups in total. The van der Waals surface area contributed by atoms with Crippen molar-refractivity contribution in [3.8, 4) is 17.2 Å². The van der Waals surface area contributed by atoms with Gasteiger partial charge in [0.2, 0.25) is 10.9 Å². The zero-order chi connectivity index (χ0) is 20.2. The van der Waals surface area contributed by atoms with Crippen molar-refractivity contribution in [2.45, 2.75) is 6.54 Å². The van der Waals surface area contributed by atoms with Crippen LogP contribution >= 0.6 is 0 Å². The van der Waals surface area contributed by atoms with Crippen LogP contribution in [0.25, 0.3) is 22.0 Å². The van der Waals surface area contributed by atoms with Gasteiger partial charge in [-0.25, -0.2) is 13.1 Å². The second kappa shape index (κ2) is 8.14. The maximum absolute atomic E-state index is 10.7. The number of nitrogens with zero attached hydrogens (tertiary/aromatic N) is 2. The lowest BCUT2D eigenvalue weighted by Crippen LogP contribution is -2.09. The van der Waals surface area contributed by atoms with Crippen molar-refractivity contribution in [2.24, 2.45) is 0 Å². The van der Waals surface area contributed by atoms with E-state index in [9.17, 15) is 13.7 Å². The van der Waals surface area contributed by atoms with Crippen LogP contribution in [-0.2, 0) is 17.4 Å². The van der Waals surface area contributed by atoms with Gasteiger partial charge in [-0.1, -0.05) is 30.3 Å². The van der Waals surface area contributed by atoms with Gasteiger partial charge in [0, 0.05) is 47.3 Å². The van der Waals surface area contributed by atoms with Crippen molar-refractivity contribution in [1.29, 1.82) is 5.26 Å². The SMILES string of the molecule is N#Cc1cncc(-c2ccc(CN[SH](=O)=O)cc2)c1Nc1cccc2[nH]ccc12. The summed E-state index contributed by atoms with van der Waals surface area (Å²) in [5.41, 5.74) is 5.47. The monoisotopic (exact) mass is 403 g/mol. The van der Waals surface area contributed by atoms with Crippen molar-refractivity contribution in [3.05, 3.63) is 78.2 Å².